The van der Waals surface area contributed by atoms with Crippen molar-refractivity contribution in [1.82, 2.24) is 0 Å². The Morgan fingerprint density at radius 2 is 2.18 bits per heavy atom. The second kappa shape index (κ2) is 4.30. The maximum absolute atomic E-state index is 13.8. The van der Waals surface area contributed by atoms with Crippen LogP contribution in [-0.2, 0) is 6.42 Å². The van der Waals surface area contributed by atoms with Crippen molar-refractivity contribution in [3.8, 4) is 0 Å². The molecule has 2 N–H and O–H groups in total. The van der Waals surface area contributed by atoms with E-state index in [1.165, 1.54) is 12.8 Å². The largest absolute Gasteiger partial charge is 0.364 e. The molecule has 17 heavy (non-hydrogen) atoms. The molecule has 0 radical (unpaired) electrons. The molecule has 3 heteroatoms. The smallest absolute Gasteiger partial charge is 0.128 e. The van der Waals surface area contributed by atoms with Crippen LogP contribution in [0.25, 0.3) is 0 Å². The van der Waals surface area contributed by atoms with Crippen molar-refractivity contribution in [2.24, 2.45) is 5.73 Å². The van der Waals surface area contributed by atoms with Crippen molar-refractivity contribution in [3.63, 3.8) is 0 Å². The predicted molar refractivity (Wildman–Crippen MR) is 67.7 cm³/mol. The highest BCUT2D eigenvalue weighted by molar-refractivity contribution is 5.58. The zero-order valence-electron chi connectivity index (χ0n) is 10.0. The van der Waals surface area contributed by atoms with Crippen molar-refractivity contribution in [3.05, 3.63) is 29.6 Å². The third-order valence-corrected chi connectivity index (χ3v) is 4.23. The number of anilines is 1. The Balaban J connectivity index is 2.04. The molecule has 0 amide bonds. The molecule has 1 aromatic carbocycles. The van der Waals surface area contributed by atoms with E-state index in [9.17, 15) is 4.39 Å². The minimum absolute atomic E-state index is 0.0534. The van der Waals surface area contributed by atoms with Gasteiger partial charge in [-0.05, 0) is 44.2 Å². The molecule has 3 rings (SSSR count). The van der Waals surface area contributed by atoms with E-state index >= 15 is 0 Å². The van der Waals surface area contributed by atoms with Gasteiger partial charge in [-0.2, -0.15) is 0 Å². The van der Waals surface area contributed by atoms with Gasteiger partial charge in [-0.25, -0.2) is 4.39 Å². The molecule has 2 aliphatic rings. The van der Waals surface area contributed by atoms with Crippen molar-refractivity contribution >= 4 is 5.69 Å². The Kier molecular flexibility index (Phi) is 2.79. The number of halogens is 1. The van der Waals surface area contributed by atoms with Gasteiger partial charge in [0.25, 0.3) is 0 Å². The van der Waals surface area contributed by atoms with E-state index in [0.717, 1.165) is 30.5 Å². The Labute approximate surface area is 102 Å². The second-order valence-corrected chi connectivity index (χ2v) is 5.16. The van der Waals surface area contributed by atoms with Gasteiger partial charge < -0.3 is 10.6 Å². The summed E-state index contributed by atoms with van der Waals surface area (Å²) in [7, 11) is 0. The van der Waals surface area contributed by atoms with Crippen LogP contribution >= 0.6 is 0 Å². The molecule has 1 saturated heterocycles. The first-order chi connectivity index (χ1) is 8.31. The van der Waals surface area contributed by atoms with Gasteiger partial charge >= 0.3 is 0 Å². The predicted octanol–water partition coefficient (Wildman–Crippen LogP) is 2.46. The molecule has 2 atom stereocenters. The third-order valence-electron chi connectivity index (χ3n) is 4.23. The third kappa shape index (κ3) is 1.73. The quantitative estimate of drug-likeness (QED) is 0.808. The molecule has 0 bridgehead atoms. The Bertz CT molecular complexity index is 419. The molecule has 0 aliphatic carbocycles. The van der Waals surface area contributed by atoms with Crippen molar-refractivity contribution in [2.45, 2.75) is 44.2 Å². The zero-order chi connectivity index (χ0) is 11.8. The summed E-state index contributed by atoms with van der Waals surface area (Å²) in [4.78, 5) is 2.39. The van der Waals surface area contributed by atoms with Gasteiger partial charge in [-0.1, -0.05) is 6.07 Å². The molecular formula is C14H19FN2. The summed E-state index contributed by atoms with van der Waals surface area (Å²) in [6.07, 6.45) is 5.58. The van der Waals surface area contributed by atoms with Gasteiger partial charge in [0.15, 0.2) is 0 Å². The lowest BCUT2D eigenvalue weighted by Gasteiger charge is -2.47. The molecule has 1 aromatic rings. The number of rotatable bonds is 1. The van der Waals surface area contributed by atoms with Crippen LogP contribution in [0.15, 0.2) is 18.2 Å². The van der Waals surface area contributed by atoms with Gasteiger partial charge in [0, 0.05) is 29.9 Å². The number of piperidine rings is 1. The van der Waals surface area contributed by atoms with Crippen LogP contribution in [0, 0.1) is 5.82 Å². The summed E-state index contributed by atoms with van der Waals surface area (Å²) in [5, 5.41) is 0. The van der Waals surface area contributed by atoms with E-state index in [0.29, 0.717) is 18.6 Å². The molecule has 2 aliphatic heterocycles. The molecule has 0 aromatic heterocycles. The Morgan fingerprint density at radius 1 is 1.29 bits per heavy atom. The maximum Gasteiger partial charge on any atom is 0.128 e. The highest BCUT2D eigenvalue weighted by Gasteiger charge is 2.34. The number of fused-ring (bicyclic) bond motifs is 3. The minimum atomic E-state index is -0.0534. The molecule has 2 unspecified atom stereocenters. The number of nitrogens with zero attached hydrogens (tertiary/aromatic N) is 1. The fourth-order valence-electron chi connectivity index (χ4n) is 3.42. The van der Waals surface area contributed by atoms with Crippen molar-refractivity contribution in [1.29, 1.82) is 0 Å². The summed E-state index contributed by atoms with van der Waals surface area (Å²) in [6.45, 7) is 0.673. The van der Waals surface area contributed by atoms with E-state index in [1.807, 2.05) is 6.07 Å². The second-order valence-electron chi connectivity index (χ2n) is 5.16. The first kappa shape index (κ1) is 11.0. The first-order valence-corrected chi connectivity index (χ1v) is 6.57. The lowest BCUT2D eigenvalue weighted by atomic mass is 9.86. The molecule has 1 fully saturated rings. The molecular weight excluding hydrogens is 215 g/mol. The summed E-state index contributed by atoms with van der Waals surface area (Å²) in [5.41, 5.74) is 7.86. The molecule has 2 heterocycles. The normalized spacial score (nSPS) is 27.5. The topological polar surface area (TPSA) is 29.3 Å². The molecule has 92 valence electrons. The van der Waals surface area contributed by atoms with Gasteiger partial charge in [-0.3, -0.25) is 0 Å². The monoisotopic (exact) mass is 234 g/mol. The highest BCUT2D eigenvalue weighted by Crippen LogP contribution is 2.38. The summed E-state index contributed by atoms with van der Waals surface area (Å²) in [6, 6.07) is 6.42. The Hall–Kier alpha value is -1.09. The summed E-state index contributed by atoms with van der Waals surface area (Å²) in [5.74, 6) is -0.0534. The van der Waals surface area contributed by atoms with Crippen molar-refractivity contribution in [2.75, 3.05) is 11.4 Å². The van der Waals surface area contributed by atoms with Crippen LogP contribution in [-0.4, -0.2) is 18.6 Å². The van der Waals surface area contributed by atoms with Crippen LogP contribution in [0.4, 0.5) is 10.1 Å². The fraction of sp³-hybridized carbons (Fsp3) is 0.571. The van der Waals surface area contributed by atoms with Crippen LogP contribution in [0.3, 0.4) is 0 Å². The van der Waals surface area contributed by atoms with Gasteiger partial charge in [0.2, 0.25) is 0 Å². The van der Waals surface area contributed by atoms with E-state index in [-0.39, 0.29) is 5.82 Å². The minimum Gasteiger partial charge on any atom is -0.364 e. The number of benzene rings is 1. The lowest BCUT2D eigenvalue weighted by molar-refractivity contribution is 0.356. The van der Waals surface area contributed by atoms with E-state index in [2.05, 4.69) is 11.0 Å². The molecule has 2 nitrogen and oxygen atoms in total. The SMILES string of the molecule is NCC1CCCC2CCc3c(F)cccc3N12. The zero-order valence-corrected chi connectivity index (χ0v) is 10.0. The number of hydrogen-bond acceptors (Lipinski definition) is 2. The molecule has 0 saturated carbocycles. The lowest BCUT2D eigenvalue weighted by Crippen LogP contribution is -2.52. The first-order valence-electron chi connectivity index (χ1n) is 6.57. The van der Waals surface area contributed by atoms with E-state index < -0.39 is 0 Å². The maximum atomic E-state index is 13.8. The van der Waals surface area contributed by atoms with Crippen LogP contribution in [0.2, 0.25) is 0 Å². The van der Waals surface area contributed by atoms with Crippen LogP contribution in [0.1, 0.15) is 31.2 Å². The van der Waals surface area contributed by atoms with Crippen molar-refractivity contribution < 1.29 is 4.39 Å². The van der Waals surface area contributed by atoms with Crippen LogP contribution in [0.5, 0.6) is 0 Å². The summed E-state index contributed by atoms with van der Waals surface area (Å²) >= 11 is 0. The average Bonchev–Trinajstić information content (AvgIpc) is 2.38. The van der Waals surface area contributed by atoms with Gasteiger partial charge in [0.05, 0.1) is 0 Å². The van der Waals surface area contributed by atoms with Gasteiger partial charge in [0.1, 0.15) is 5.82 Å². The highest BCUT2D eigenvalue weighted by atomic mass is 19.1. The van der Waals surface area contributed by atoms with Gasteiger partial charge in [-0.15, -0.1) is 0 Å². The standard InChI is InChI=1S/C14H19FN2/c15-13-5-2-6-14-12(13)8-7-10-3-1-4-11(9-16)17(10)14/h2,5-6,10-11H,1,3-4,7-9,16H2. The number of nitrogens with two attached hydrogens (primary N) is 1. The van der Waals surface area contributed by atoms with E-state index in [4.69, 9.17) is 5.73 Å². The fourth-order valence-corrected chi connectivity index (χ4v) is 3.42. The Morgan fingerprint density at radius 3 is 3.00 bits per heavy atom. The number of hydrogen-bond donors (Lipinski definition) is 1. The summed E-state index contributed by atoms with van der Waals surface area (Å²) < 4.78 is 13.8. The average molecular weight is 234 g/mol. The van der Waals surface area contributed by atoms with E-state index in [1.54, 1.807) is 6.07 Å². The van der Waals surface area contributed by atoms with Crippen LogP contribution < -0.4 is 10.6 Å². The molecule has 0 spiro atoms.